The maximum absolute atomic E-state index is 3.42. The number of nitrogens with zero attached hydrogens (tertiary/aromatic N) is 1. The van der Waals surface area contributed by atoms with Crippen LogP contribution in [0.25, 0.3) is 0 Å². The van der Waals surface area contributed by atoms with Crippen molar-refractivity contribution in [2.45, 2.75) is 64.8 Å². The number of likely N-dealkylation sites (N-methyl/N-ethyl adjacent to an activating group) is 1. The molecule has 1 N–H and O–H groups in total. The lowest BCUT2D eigenvalue weighted by molar-refractivity contribution is 0.191. The SMILES string of the molecule is CNC1CCCN(CCCCCCC(C)C)C1. The highest BCUT2D eigenvalue weighted by Gasteiger charge is 2.17. The van der Waals surface area contributed by atoms with Crippen LogP contribution in [-0.4, -0.2) is 37.6 Å². The van der Waals surface area contributed by atoms with Crippen molar-refractivity contribution in [1.29, 1.82) is 0 Å². The Labute approximate surface area is 108 Å². The van der Waals surface area contributed by atoms with Crippen molar-refractivity contribution in [3.63, 3.8) is 0 Å². The molecule has 1 aliphatic heterocycles. The van der Waals surface area contributed by atoms with Crippen molar-refractivity contribution in [2.75, 3.05) is 26.7 Å². The molecule has 2 nitrogen and oxygen atoms in total. The first-order chi connectivity index (χ1) is 8.22. The van der Waals surface area contributed by atoms with Gasteiger partial charge in [0, 0.05) is 12.6 Å². The molecule has 1 unspecified atom stereocenters. The number of hydrogen-bond donors (Lipinski definition) is 1. The van der Waals surface area contributed by atoms with Gasteiger partial charge in [0.05, 0.1) is 0 Å². The molecule has 2 heteroatoms. The van der Waals surface area contributed by atoms with Gasteiger partial charge in [0.2, 0.25) is 0 Å². The lowest BCUT2D eigenvalue weighted by atomic mass is 10.0. The number of piperidine rings is 1. The second kappa shape index (κ2) is 8.93. The van der Waals surface area contributed by atoms with E-state index in [4.69, 9.17) is 0 Å². The van der Waals surface area contributed by atoms with E-state index >= 15 is 0 Å². The fraction of sp³-hybridized carbons (Fsp3) is 1.00. The minimum Gasteiger partial charge on any atom is -0.316 e. The molecule has 0 bridgehead atoms. The molecule has 0 radical (unpaired) electrons. The number of likely N-dealkylation sites (tertiary alicyclic amines) is 1. The molecular formula is C15H32N2. The van der Waals surface area contributed by atoms with Crippen molar-refractivity contribution in [2.24, 2.45) is 5.92 Å². The summed E-state index contributed by atoms with van der Waals surface area (Å²) in [5.74, 6) is 0.883. The van der Waals surface area contributed by atoms with Gasteiger partial charge in [-0.3, -0.25) is 0 Å². The van der Waals surface area contributed by atoms with Crippen LogP contribution in [-0.2, 0) is 0 Å². The molecule has 17 heavy (non-hydrogen) atoms. The van der Waals surface area contributed by atoms with Crippen molar-refractivity contribution in [1.82, 2.24) is 10.2 Å². The maximum Gasteiger partial charge on any atom is 0.0192 e. The second-order valence-electron chi connectivity index (χ2n) is 6.03. The summed E-state index contributed by atoms with van der Waals surface area (Å²) in [7, 11) is 2.10. The van der Waals surface area contributed by atoms with E-state index in [9.17, 15) is 0 Å². The second-order valence-corrected chi connectivity index (χ2v) is 6.03. The van der Waals surface area contributed by atoms with Crippen LogP contribution < -0.4 is 5.32 Å². The number of unbranched alkanes of at least 4 members (excludes halogenated alkanes) is 3. The standard InChI is InChI=1S/C15H32N2/c1-14(2)9-6-4-5-7-11-17-12-8-10-15(13-17)16-3/h14-16H,4-13H2,1-3H3. The van der Waals surface area contributed by atoms with E-state index in [1.54, 1.807) is 0 Å². The van der Waals surface area contributed by atoms with E-state index in [2.05, 4.69) is 31.1 Å². The Morgan fingerprint density at radius 2 is 1.94 bits per heavy atom. The van der Waals surface area contributed by atoms with Gasteiger partial charge in [-0.05, 0) is 45.3 Å². The number of hydrogen-bond acceptors (Lipinski definition) is 2. The first kappa shape index (κ1) is 15.0. The molecule has 0 aromatic carbocycles. The number of nitrogens with one attached hydrogen (secondary N) is 1. The van der Waals surface area contributed by atoms with Crippen LogP contribution in [0.2, 0.25) is 0 Å². The largest absolute Gasteiger partial charge is 0.316 e. The predicted molar refractivity (Wildman–Crippen MR) is 76.4 cm³/mol. The normalized spacial score (nSPS) is 22.2. The van der Waals surface area contributed by atoms with Gasteiger partial charge in [-0.25, -0.2) is 0 Å². The number of rotatable bonds is 8. The minimum absolute atomic E-state index is 0.740. The topological polar surface area (TPSA) is 15.3 Å². The van der Waals surface area contributed by atoms with Crippen LogP contribution in [0.15, 0.2) is 0 Å². The van der Waals surface area contributed by atoms with E-state index < -0.39 is 0 Å². The van der Waals surface area contributed by atoms with Crippen LogP contribution in [0.4, 0.5) is 0 Å². The Balaban J connectivity index is 1.95. The van der Waals surface area contributed by atoms with E-state index in [1.165, 1.54) is 64.6 Å². The van der Waals surface area contributed by atoms with Gasteiger partial charge in [0.15, 0.2) is 0 Å². The fourth-order valence-electron chi connectivity index (χ4n) is 2.74. The first-order valence-electron chi connectivity index (χ1n) is 7.62. The van der Waals surface area contributed by atoms with Gasteiger partial charge < -0.3 is 10.2 Å². The molecular weight excluding hydrogens is 208 g/mol. The average Bonchev–Trinajstić information content (AvgIpc) is 2.33. The van der Waals surface area contributed by atoms with Crippen LogP contribution in [0.3, 0.4) is 0 Å². The zero-order chi connectivity index (χ0) is 12.5. The summed E-state index contributed by atoms with van der Waals surface area (Å²) < 4.78 is 0. The molecule has 1 fully saturated rings. The zero-order valence-corrected chi connectivity index (χ0v) is 12.2. The van der Waals surface area contributed by atoms with E-state index in [0.717, 1.165) is 12.0 Å². The third-order valence-corrected chi connectivity index (χ3v) is 3.92. The molecule has 1 heterocycles. The van der Waals surface area contributed by atoms with Crippen LogP contribution in [0.5, 0.6) is 0 Å². The quantitative estimate of drug-likeness (QED) is 0.655. The summed E-state index contributed by atoms with van der Waals surface area (Å²) in [5, 5.41) is 3.42. The Morgan fingerprint density at radius 1 is 1.18 bits per heavy atom. The van der Waals surface area contributed by atoms with E-state index in [-0.39, 0.29) is 0 Å². The third kappa shape index (κ3) is 7.05. The molecule has 1 rings (SSSR count). The first-order valence-corrected chi connectivity index (χ1v) is 7.62. The summed E-state index contributed by atoms with van der Waals surface area (Å²) in [6.45, 7) is 8.56. The third-order valence-electron chi connectivity index (χ3n) is 3.92. The highest BCUT2D eigenvalue weighted by Crippen LogP contribution is 2.13. The van der Waals surface area contributed by atoms with Gasteiger partial charge in [0.25, 0.3) is 0 Å². The smallest absolute Gasteiger partial charge is 0.0192 e. The van der Waals surface area contributed by atoms with Gasteiger partial charge in [-0.15, -0.1) is 0 Å². The molecule has 102 valence electrons. The van der Waals surface area contributed by atoms with Crippen LogP contribution in [0, 0.1) is 5.92 Å². The molecule has 0 amide bonds. The van der Waals surface area contributed by atoms with Crippen LogP contribution >= 0.6 is 0 Å². The minimum atomic E-state index is 0.740. The van der Waals surface area contributed by atoms with Gasteiger partial charge in [0.1, 0.15) is 0 Å². The van der Waals surface area contributed by atoms with Crippen molar-refractivity contribution in [3.05, 3.63) is 0 Å². The maximum atomic E-state index is 3.42. The molecule has 1 aliphatic rings. The van der Waals surface area contributed by atoms with Crippen molar-refractivity contribution >= 4 is 0 Å². The molecule has 1 atom stereocenters. The molecule has 0 aliphatic carbocycles. The predicted octanol–water partition coefficient (Wildman–Crippen LogP) is 3.28. The van der Waals surface area contributed by atoms with Crippen LogP contribution in [0.1, 0.15) is 58.8 Å². The Hall–Kier alpha value is -0.0800. The summed E-state index contributed by atoms with van der Waals surface area (Å²) in [6, 6.07) is 0.740. The van der Waals surface area contributed by atoms with E-state index in [0.29, 0.717) is 0 Å². The average molecular weight is 240 g/mol. The highest BCUT2D eigenvalue weighted by atomic mass is 15.2. The lowest BCUT2D eigenvalue weighted by Crippen LogP contribution is -2.44. The molecule has 0 aromatic heterocycles. The monoisotopic (exact) mass is 240 g/mol. The Morgan fingerprint density at radius 3 is 2.65 bits per heavy atom. The van der Waals surface area contributed by atoms with Crippen molar-refractivity contribution in [3.8, 4) is 0 Å². The summed E-state index contributed by atoms with van der Waals surface area (Å²) in [6.07, 6.45) is 9.83. The van der Waals surface area contributed by atoms with Gasteiger partial charge in [-0.1, -0.05) is 39.5 Å². The summed E-state index contributed by atoms with van der Waals surface area (Å²) >= 11 is 0. The van der Waals surface area contributed by atoms with Gasteiger partial charge in [-0.2, -0.15) is 0 Å². The Bertz CT molecular complexity index is 180. The lowest BCUT2D eigenvalue weighted by Gasteiger charge is -2.32. The molecule has 0 saturated carbocycles. The fourth-order valence-corrected chi connectivity index (χ4v) is 2.74. The van der Waals surface area contributed by atoms with Crippen molar-refractivity contribution < 1.29 is 0 Å². The Kier molecular flexibility index (Phi) is 7.87. The molecule has 1 saturated heterocycles. The summed E-state index contributed by atoms with van der Waals surface area (Å²) in [4.78, 5) is 2.65. The summed E-state index contributed by atoms with van der Waals surface area (Å²) in [5.41, 5.74) is 0. The highest BCUT2D eigenvalue weighted by molar-refractivity contribution is 4.76. The zero-order valence-electron chi connectivity index (χ0n) is 12.2. The molecule has 0 spiro atoms. The molecule has 0 aromatic rings. The van der Waals surface area contributed by atoms with Gasteiger partial charge >= 0.3 is 0 Å². The van der Waals surface area contributed by atoms with E-state index in [1.807, 2.05) is 0 Å².